The van der Waals surface area contributed by atoms with Crippen LogP contribution < -0.4 is 10.0 Å². The molecule has 1 rings (SSSR count). The van der Waals surface area contributed by atoms with Gasteiger partial charge in [0.15, 0.2) is 0 Å². The molecule has 0 heterocycles. The van der Waals surface area contributed by atoms with Gasteiger partial charge in [0.05, 0.1) is 4.90 Å². The van der Waals surface area contributed by atoms with Crippen molar-refractivity contribution in [1.82, 2.24) is 10.0 Å². The lowest BCUT2D eigenvalue weighted by Gasteiger charge is -2.20. The van der Waals surface area contributed by atoms with Crippen LogP contribution in [0.4, 0.5) is 4.39 Å². The first kappa shape index (κ1) is 16.1. The number of nitrogens with one attached hydrogen (secondary N) is 2. The zero-order valence-corrected chi connectivity index (χ0v) is 12.6. The molecule has 6 heteroatoms. The maximum Gasteiger partial charge on any atom is 0.241 e. The minimum Gasteiger partial charge on any atom is -0.313 e. The fourth-order valence-electron chi connectivity index (χ4n) is 1.58. The first-order valence-corrected chi connectivity index (χ1v) is 7.67. The lowest BCUT2D eigenvalue weighted by Crippen LogP contribution is -2.40. The predicted octanol–water partition coefficient (Wildman–Crippen LogP) is 2.01. The largest absolute Gasteiger partial charge is 0.313 e. The van der Waals surface area contributed by atoms with Crippen LogP contribution in [0.1, 0.15) is 33.3 Å². The van der Waals surface area contributed by atoms with Gasteiger partial charge in [0, 0.05) is 17.6 Å². The van der Waals surface area contributed by atoms with Gasteiger partial charge in [0.2, 0.25) is 10.0 Å². The Bertz CT molecular complexity index is 536. The molecule has 0 aliphatic heterocycles. The zero-order chi connectivity index (χ0) is 14.7. The lowest BCUT2D eigenvalue weighted by atomic mass is 10.1. The second kappa shape index (κ2) is 5.98. The van der Waals surface area contributed by atoms with E-state index in [1.807, 2.05) is 6.92 Å². The van der Waals surface area contributed by atoms with Crippen molar-refractivity contribution in [3.63, 3.8) is 0 Å². The molecule has 0 saturated heterocycles. The quantitative estimate of drug-likeness (QED) is 0.871. The molecule has 0 bridgehead atoms. The van der Waals surface area contributed by atoms with Crippen molar-refractivity contribution in [3.05, 3.63) is 29.6 Å². The number of rotatable bonds is 5. The molecular formula is C13H21FN2O2S. The highest BCUT2D eigenvalue weighted by Crippen LogP contribution is 2.17. The van der Waals surface area contributed by atoms with E-state index in [1.165, 1.54) is 18.2 Å². The van der Waals surface area contributed by atoms with Gasteiger partial charge in [0.25, 0.3) is 0 Å². The highest BCUT2D eigenvalue weighted by molar-refractivity contribution is 7.89. The summed E-state index contributed by atoms with van der Waals surface area (Å²) in [6, 6.07) is 3.83. The van der Waals surface area contributed by atoms with Crippen LogP contribution in [0.5, 0.6) is 0 Å². The van der Waals surface area contributed by atoms with Gasteiger partial charge in [-0.2, -0.15) is 0 Å². The van der Waals surface area contributed by atoms with Crippen molar-refractivity contribution in [2.24, 2.45) is 0 Å². The molecule has 19 heavy (non-hydrogen) atoms. The minimum absolute atomic E-state index is 0.0803. The summed E-state index contributed by atoms with van der Waals surface area (Å²) in [6.45, 7) is 8.17. The Morgan fingerprint density at radius 2 is 1.89 bits per heavy atom. The van der Waals surface area contributed by atoms with Gasteiger partial charge in [-0.05, 0) is 45.5 Å². The molecule has 0 aliphatic carbocycles. The zero-order valence-electron chi connectivity index (χ0n) is 11.7. The normalized spacial score (nSPS) is 12.7. The third-order valence-electron chi connectivity index (χ3n) is 2.33. The molecule has 0 saturated carbocycles. The number of hydrogen-bond acceptors (Lipinski definition) is 3. The topological polar surface area (TPSA) is 58.2 Å². The summed E-state index contributed by atoms with van der Waals surface area (Å²) in [6.07, 6.45) is 0. The first-order chi connectivity index (χ1) is 8.65. The Labute approximate surface area is 114 Å². The second-order valence-electron chi connectivity index (χ2n) is 5.39. The fraction of sp³-hybridized carbons (Fsp3) is 0.538. The number of hydrogen-bond donors (Lipinski definition) is 2. The molecule has 4 nitrogen and oxygen atoms in total. The van der Waals surface area contributed by atoms with Gasteiger partial charge >= 0.3 is 0 Å². The highest BCUT2D eigenvalue weighted by Gasteiger charge is 2.22. The summed E-state index contributed by atoms with van der Waals surface area (Å²) < 4.78 is 40.4. The van der Waals surface area contributed by atoms with Gasteiger partial charge in [-0.15, -0.1) is 0 Å². The molecule has 0 aliphatic rings. The summed E-state index contributed by atoms with van der Waals surface area (Å²) in [5.41, 5.74) is -0.228. The smallest absolute Gasteiger partial charge is 0.241 e. The molecule has 1 aromatic carbocycles. The Balaban J connectivity index is 3.07. The van der Waals surface area contributed by atoms with Crippen LogP contribution in [-0.4, -0.2) is 20.5 Å². The van der Waals surface area contributed by atoms with Crippen molar-refractivity contribution in [3.8, 4) is 0 Å². The predicted molar refractivity (Wildman–Crippen MR) is 73.9 cm³/mol. The molecule has 0 radical (unpaired) electrons. The van der Waals surface area contributed by atoms with Crippen LogP contribution in [0.25, 0.3) is 0 Å². The standard InChI is InChI=1S/C13H21FN2O2S/c1-5-15-9-10-8-11(6-7-12(10)14)19(17,18)16-13(2,3)4/h6-8,15-16H,5,9H2,1-4H3. The SMILES string of the molecule is CCNCc1cc(S(=O)(=O)NC(C)(C)C)ccc1F. The number of halogens is 1. The van der Waals surface area contributed by atoms with Gasteiger partial charge < -0.3 is 5.32 Å². The maximum absolute atomic E-state index is 13.6. The Kier molecular flexibility index (Phi) is 5.06. The molecule has 0 spiro atoms. The van der Waals surface area contributed by atoms with Crippen LogP contribution in [0.3, 0.4) is 0 Å². The summed E-state index contributed by atoms with van der Waals surface area (Å²) in [4.78, 5) is 0.0803. The van der Waals surface area contributed by atoms with Crippen LogP contribution in [0.15, 0.2) is 23.1 Å². The van der Waals surface area contributed by atoms with Gasteiger partial charge in [-0.25, -0.2) is 17.5 Å². The third kappa shape index (κ3) is 4.89. The van der Waals surface area contributed by atoms with Gasteiger partial charge in [0.1, 0.15) is 5.82 Å². The molecule has 0 amide bonds. The van der Waals surface area contributed by atoms with Crippen molar-refractivity contribution < 1.29 is 12.8 Å². The van der Waals surface area contributed by atoms with E-state index in [-0.39, 0.29) is 4.90 Å². The van der Waals surface area contributed by atoms with E-state index in [4.69, 9.17) is 0 Å². The average molecular weight is 288 g/mol. The van der Waals surface area contributed by atoms with E-state index in [0.717, 1.165) is 0 Å². The van der Waals surface area contributed by atoms with Gasteiger partial charge in [-0.1, -0.05) is 6.92 Å². The van der Waals surface area contributed by atoms with Gasteiger partial charge in [-0.3, -0.25) is 0 Å². The van der Waals surface area contributed by atoms with Crippen molar-refractivity contribution in [2.45, 2.75) is 44.7 Å². The second-order valence-corrected chi connectivity index (χ2v) is 7.07. The monoisotopic (exact) mass is 288 g/mol. The van der Waals surface area contributed by atoms with Crippen LogP contribution in [0.2, 0.25) is 0 Å². The lowest BCUT2D eigenvalue weighted by molar-refractivity contribution is 0.491. The van der Waals surface area contributed by atoms with E-state index in [2.05, 4.69) is 10.0 Å². The van der Waals surface area contributed by atoms with Crippen molar-refractivity contribution in [1.29, 1.82) is 0 Å². The van der Waals surface area contributed by atoms with E-state index in [9.17, 15) is 12.8 Å². The Morgan fingerprint density at radius 1 is 1.26 bits per heavy atom. The fourth-order valence-corrected chi connectivity index (χ4v) is 3.04. The van der Waals surface area contributed by atoms with E-state index < -0.39 is 21.4 Å². The molecular weight excluding hydrogens is 267 g/mol. The maximum atomic E-state index is 13.6. The number of sulfonamides is 1. The van der Waals surface area contributed by atoms with Crippen LogP contribution in [-0.2, 0) is 16.6 Å². The van der Waals surface area contributed by atoms with Crippen molar-refractivity contribution >= 4 is 10.0 Å². The van der Waals surface area contributed by atoms with E-state index in [1.54, 1.807) is 20.8 Å². The summed E-state index contributed by atoms with van der Waals surface area (Å²) in [5.74, 6) is -0.407. The Hall–Kier alpha value is -0.980. The summed E-state index contributed by atoms with van der Waals surface area (Å²) in [7, 11) is -3.63. The van der Waals surface area contributed by atoms with Crippen molar-refractivity contribution in [2.75, 3.05) is 6.54 Å². The summed E-state index contributed by atoms with van der Waals surface area (Å²) >= 11 is 0. The van der Waals surface area contributed by atoms with E-state index >= 15 is 0 Å². The first-order valence-electron chi connectivity index (χ1n) is 6.19. The number of benzene rings is 1. The molecule has 2 N–H and O–H groups in total. The molecule has 0 aromatic heterocycles. The minimum atomic E-state index is -3.63. The Morgan fingerprint density at radius 3 is 2.42 bits per heavy atom. The molecule has 0 fully saturated rings. The summed E-state index contributed by atoms with van der Waals surface area (Å²) in [5, 5.41) is 2.98. The molecule has 0 unspecified atom stereocenters. The average Bonchev–Trinajstić information content (AvgIpc) is 2.24. The molecule has 108 valence electrons. The van der Waals surface area contributed by atoms with Crippen LogP contribution in [0, 0.1) is 5.82 Å². The third-order valence-corrected chi connectivity index (χ3v) is 4.09. The molecule has 1 aromatic rings. The van der Waals surface area contributed by atoms with E-state index in [0.29, 0.717) is 18.7 Å². The highest BCUT2D eigenvalue weighted by atomic mass is 32.2. The molecule has 0 atom stereocenters. The van der Waals surface area contributed by atoms with Crippen LogP contribution >= 0.6 is 0 Å².